The Morgan fingerprint density at radius 3 is 2.50 bits per heavy atom. The monoisotopic (exact) mass is 421 g/mol. The van der Waals surface area contributed by atoms with E-state index >= 15 is 0 Å². The molecule has 0 N–H and O–H groups in total. The van der Waals surface area contributed by atoms with E-state index in [1.54, 1.807) is 0 Å². The highest BCUT2D eigenvalue weighted by Crippen LogP contribution is 2.04. The van der Waals surface area contributed by atoms with Crippen LogP contribution in [0, 0.1) is 9.39 Å². The van der Waals surface area contributed by atoms with E-state index in [0.29, 0.717) is 5.56 Å². The zero-order chi connectivity index (χ0) is 12.3. The van der Waals surface area contributed by atoms with E-state index in [-0.39, 0.29) is 35.1 Å². The van der Waals surface area contributed by atoms with Gasteiger partial charge in [-0.2, -0.15) is 4.57 Å². The van der Waals surface area contributed by atoms with E-state index in [1.165, 1.54) is 24.3 Å². The van der Waals surface area contributed by atoms with E-state index < -0.39 is 0 Å². The van der Waals surface area contributed by atoms with Crippen molar-refractivity contribution in [2.45, 2.75) is 6.54 Å². The van der Waals surface area contributed by atoms with Crippen LogP contribution in [0.1, 0.15) is 10.4 Å². The second kappa shape index (κ2) is 6.94. The zero-order valence-electron chi connectivity index (χ0n) is 9.32. The van der Waals surface area contributed by atoms with E-state index in [4.69, 9.17) is 0 Å². The minimum absolute atomic E-state index is 0. The summed E-state index contributed by atoms with van der Waals surface area (Å²) in [6.45, 7) is 0.266. The van der Waals surface area contributed by atoms with Gasteiger partial charge in [-0.05, 0) is 52.9 Å². The Labute approximate surface area is 129 Å². The number of benzene rings is 1. The van der Waals surface area contributed by atoms with Gasteiger partial charge in [0.15, 0.2) is 12.4 Å². The molecule has 5 heteroatoms. The minimum atomic E-state index is -0.330. The molecule has 0 spiro atoms. The average Bonchev–Trinajstić information content (AvgIpc) is 2.29. The SMILES string of the molecule is O=C(C[n+]1cccc(I)c1)c1ccc(F)cc1.[Br-]. The van der Waals surface area contributed by atoms with Crippen LogP contribution in [0.25, 0.3) is 0 Å². The lowest BCUT2D eigenvalue weighted by Gasteiger charge is -1.98. The standard InChI is InChI=1S/C13H10FINO.BrH/c14-11-5-3-10(4-6-11)13(17)9-16-7-1-2-12(15)8-16;/h1-8H,9H2;1H/q+1;/p-1. The van der Waals surface area contributed by atoms with Crippen LogP contribution in [0.5, 0.6) is 0 Å². The summed E-state index contributed by atoms with van der Waals surface area (Å²) in [5.74, 6) is -0.361. The van der Waals surface area contributed by atoms with Gasteiger partial charge < -0.3 is 17.0 Å². The molecule has 2 rings (SSSR count). The van der Waals surface area contributed by atoms with Crippen molar-refractivity contribution in [3.05, 3.63) is 63.7 Å². The smallest absolute Gasteiger partial charge is 0.227 e. The third-order valence-corrected chi connectivity index (χ3v) is 2.95. The number of Topliss-reactive ketones (excluding diaryl/α,β-unsaturated/α-hetero) is 1. The van der Waals surface area contributed by atoms with Crippen molar-refractivity contribution in [3.8, 4) is 0 Å². The fraction of sp³-hybridized carbons (Fsp3) is 0.0769. The molecule has 0 aliphatic rings. The van der Waals surface area contributed by atoms with Crippen LogP contribution in [0.2, 0.25) is 0 Å². The van der Waals surface area contributed by atoms with Gasteiger partial charge in [0, 0.05) is 11.6 Å². The first-order chi connectivity index (χ1) is 8.15. The Morgan fingerprint density at radius 2 is 1.89 bits per heavy atom. The van der Waals surface area contributed by atoms with Crippen molar-refractivity contribution < 1.29 is 30.7 Å². The number of halogens is 3. The van der Waals surface area contributed by atoms with Gasteiger partial charge in [0.25, 0.3) is 0 Å². The third-order valence-electron chi connectivity index (χ3n) is 2.31. The van der Waals surface area contributed by atoms with Crippen LogP contribution in [0.15, 0.2) is 48.8 Å². The third kappa shape index (κ3) is 4.13. The van der Waals surface area contributed by atoms with Crippen molar-refractivity contribution in [1.82, 2.24) is 0 Å². The van der Waals surface area contributed by atoms with Gasteiger partial charge in [0.1, 0.15) is 5.82 Å². The first-order valence-corrected chi connectivity index (χ1v) is 6.16. The fourth-order valence-electron chi connectivity index (χ4n) is 1.48. The molecule has 0 amide bonds. The van der Waals surface area contributed by atoms with Gasteiger partial charge in [-0.1, -0.05) is 0 Å². The second-order valence-electron chi connectivity index (χ2n) is 3.62. The summed E-state index contributed by atoms with van der Waals surface area (Å²) in [5, 5.41) is 0. The first kappa shape index (κ1) is 15.2. The number of carbonyl (C=O) groups is 1. The highest BCUT2D eigenvalue weighted by molar-refractivity contribution is 14.1. The molecule has 1 aromatic carbocycles. The normalized spacial score (nSPS) is 9.67. The molecule has 18 heavy (non-hydrogen) atoms. The van der Waals surface area contributed by atoms with Crippen LogP contribution in [-0.2, 0) is 6.54 Å². The Balaban J connectivity index is 0.00000162. The minimum Gasteiger partial charge on any atom is -1.00 e. The zero-order valence-corrected chi connectivity index (χ0v) is 13.1. The summed E-state index contributed by atoms with van der Waals surface area (Å²) in [5.41, 5.74) is 0.526. The van der Waals surface area contributed by atoms with Crippen molar-refractivity contribution >= 4 is 28.4 Å². The Morgan fingerprint density at radius 1 is 1.22 bits per heavy atom. The number of carbonyl (C=O) groups excluding carboxylic acids is 1. The number of nitrogens with zero attached hydrogens (tertiary/aromatic N) is 1. The molecule has 0 saturated carbocycles. The number of hydrogen-bond donors (Lipinski definition) is 0. The maximum Gasteiger partial charge on any atom is 0.227 e. The van der Waals surface area contributed by atoms with Gasteiger partial charge in [0.2, 0.25) is 12.3 Å². The molecule has 0 saturated heterocycles. The van der Waals surface area contributed by atoms with Crippen molar-refractivity contribution in [2.75, 3.05) is 0 Å². The molecule has 2 aromatic rings. The van der Waals surface area contributed by atoms with Gasteiger partial charge in [-0.3, -0.25) is 4.79 Å². The fourth-order valence-corrected chi connectivity index (χ4v) is 2.05. The predicted molar refractivity (Wildman–Crippen MR) is 70.1 cm³/mol. The number of hydrogen-bond acceptors (Lipinski definition) is 1. The largest absolute Gasteiger partial charge is 1.00 e. The first-order valence-electron chi connectivity index (χ1n) is 5.08. The van der Waals surface area contributed by atoms with Gasteiger partial charge in [-0.15, -0.1) is 0 Å². The van der Waals surface area contributed by atoms with E-state index in [9.17, 15) is 9.18 Å². The molecule has 94 valence electrons. The van der Waals surface area contributed by atoms with Crippen LogP contribution in [0.3, 0.4) is 0 Å². The maximum atomic E-state index is 12.7. The van der Waals surface area contributed by atoms with Crippen LogP contribution in [-0.4, -0.2) is 5.78 Å². The summed E-state index contributed by atoms with van der Waals surface area (Å²) < 4.78 is 15.6. The molecule has 0 aliphatic carbocycles. The molecule has 1 aromatic heterocycles. The molecule has 0 aliphatic heterocycles. The summed E-state index contributed by atoms with van der Waals surface area (Å²) in [4.78, 5) is 11.9. The van der Waals surface area contributed by atoms with Gasteiger partial charge in [-0.25, -0.2) is 4.39 Å². The lowest BCUT2D eigenvalue weighted by Crippen LogP contribution is -3.00. The average molecular weight is 422 g/mol. The molecule has 0 unspecified atom stereocenters. The number of rotatable bonds is 3. The van der Waals surface area contributed by atoms with Gasteiger partial charge >= 0.3 is 0 Å². The highest BCUT2D eigenvalue weighted by atomic mass is 127. The number of aromatic nitrogens is 1. The van der Waals surface area contributed by atoms with E-state index in [2.05, 4.69) is 22.6 Å². The Bertz CT molecular complexity index is 545. The Hall–Kier alpha value is -0.820. The highest BCUT2D eigenvalue weighted by Gasteiger charge is 2.12. The molecular formula is C13H10BrFINO. The molecule has 1 heterocycles. The van der Waals surface area contributed by atoms with Crippen molar-refractivity contribution in [2.24, 2.45) is 0 Å². The van der Waals surface area contributed by atoms with Crippen LogP contribution >= 0.6 is 22.6 Å². The topological polar surface area (TPSA) is 20.9 Å². The van der Waals surface area contributed by atoms with Gasteiger partial charge in [0.05, 0.1) is 3.57 Å². The molecule has 2 nitrogen and oxygen atoms in total. The van der Waals surface area contributed by atoms with Crippen molar-refractivity contribution in [1.29, 1.82) is 0 Å². The molecule has 0 fully saturated rings. The lowest BCUT2D eigenvalue weighted by molar-refractivity contribution is -0.683. The Kier molecular flexibility index (Phi) is 5.87. The van der Waals surface area contributed by atoms with E-state index in [0.717, 1.165) is 3.57 Å². The number of pyridine rings is 1. The predicted octanol–water partition coefficient (Wildman–Crippen LogP) is -0.395. The maximum absolute atomic E-state index is 12.7. The molecule has 0 atom stereocenters. The molecular weight excluding hydrogens is 412 g/mol. The van der Waals surface area contributed by atoms with Crippen LogP contribution < -0.4 is 21.5 Å². The summed E-state index contributed by atoms with van der Waals surface area (Å²) in [7, 11) is 0. The lowest BCUT2D eigenvalue weighted by atomic mass is 10.1. The summed E-state index contributed by atoms with van der Waals surface area (Å²) in [6.07, 6.45) is 3.73. The quantitative estimate of drug-likeness (QED) is 0.375. The second-order valence-corrected chi connectivity index (χ2v) is 4.87. The molecule has 0 radical (unpaired) electrons. The summed E-state index contributed by atoms with van der Waals surface area (Å²) in [6, 6.07) is 9.46. The summed E-state index contributed by atoms with van der Waals surface area (Å²) >= 11 is 2.19. The van der Waals surface area contributed by atoms with E-state index in [1.807, 2.05) is 29.1 Å². The molecule has 0 bridgehead atoms. The van der Waals surface area contributed by atoms with Crippen LogP contribution in [0.4, 0.5) is 4.39 Å². The van der Waals surface area contributed by atoms with Crippen molar-refractivity contribution in [3.63, 3.8) is 0 Å². The number of ketones is 1.